The average molecular weight is 465 g/mol. The first-order chi connectivity index (χ1) is 15.9. The van der Waals surface area contributed by atoms with Crippen LogP contribution in [0.4, 0.5) is 0 Å². The number of rotatable bonds is 9. The highest BCUT2D eigenvalue weighted by Crippen LogP contribution is 2.22. The van der Waals surface area contributed by atoms with Crippen molar-refractivity contribution >= 4 is 28.3 Å². The minimum atomic E-state index is -4.04. The van der Waals surface area contributed by atoms with Gasteiger partial charge in [-0.05, 0) is 42.8 Å². The van der Waals surface area contributed by atoms with Crippen LogP contribution in [0.15, 0.2) is 94.4 Å². The number of nitrogens with one attached hydrogen (secondary N) is 1. The second kappa shape index (κ2) is 11.2. The summed E-state index contributed by atoms with van der Waals surface area (Å²) in [5.41, 5.74) is 4.88. The quantitative estimate of drug-likeness (QED) is 0.218. The summed E-state index contributed by atoms with van der Waals surface area (Å²) < 4.78 is 30.5. The van der Waals surface area contributed by atoms with Crippen molar-refractivity contribution in [2.45, 2.75) is 18.2 Å². The molecule has 0 heterocycles. The van der Waals surface area contributed by atoms with E-state index < -0.39 is 16.0 Å². The number of aryl methyl sites for hydroxylation is 1. The molecule has 0 radical (unpaired) electrons. The molecule has 0 saturated carbocycles. The highest BCUT2D eigenvalue weighted by atomic mass is 32.2. The molecule has 2 N–H and O–H groups in total. The number of carbonyl (C=O) groups excluding carboxylic acids is 1. The summed E-state index contributed by atoms with van der Waals surface area (Å²) in [6.45, 7) is 1.67. The number of amides is 1. The Bertz CT molecular complexity index is 1250. The van der Waals surface area contributed by atoms with Crippen molar-refractivity contribution in [3.8, 4) is 5.75 Å². The first-order valence-electron chi connectivity index (χ1n) is 10.2. The largest absolute Gasteiger partial charge is 0.396 e. The monoisotopic (exact) mass is 464 g/mol. The van der Waals surface area contributed by atoms with Gasteiger partial charge in [-0.2, -0.15) is 13.5 Å². The molecular formula is C25H24N2O5S. The minimum absolute atomic E-state index is 0.0350. The van der Waals surface area contributed by atoms with Gasteiger partial charge in [-0.25, -0.2) is 5.43 Å². The zero-order chi connectivity index (χ0) is 23.7. The number of hydrazone groups is 1. The van der Waals surface area contributed by atoms with Gasteiger partial charge in [0, 0.05) is 24.2 Å². The molecule has 0 spiro atoms. The number of nitrogens with zero attached hydrogens (tertiary/aromatic N) is 1. The summed E-state index contributed by atoms with van der Waals surface area (Å²) in [5.74, 6) is -0.402. The van der Waals surface area contributed by atoms with Gasteiger partial charge in [0.1, 0.15) is 4.90 Å². The Morgan fingerprint density at radius 1 is 1.00 bits per heavy atom. The van der Waals surface area contributed by atoms with Crippen molar-refractivity contribution in [1.82, 2.24) is 5.43 Å². The van der Waals surface area contributed by atoms with Crippen LogP contribution in [0.1, 0.15) is 23.1 Å². The number of hydrogen-bond donors (Lipinski definition) is 2. The summed E-state index contributed by atoms with van der Waals surface area (Å²) in [6, 6.07) is 22.0. The normalized spacial score (nSPS) is 12.0. The Kier molecular flexibility index (Phi) is 8.12. The third kappa shape index (κ3) is 6.86. The molecule has 0 aromatic heterocycles. The van der Waals surface area contributed by atoms with Gasteiger partial charge < -0.3 is 9.29 Å². The predicted octanol–water partition coefficient (Wildman–Crippen LogP) is 3.68. The van der Waals surface area contributed by atoms with Crippen LogP contribution in [0, 0.1) is 6.92 Å². The first kappa shape index (κ1) is 23.9. The topological polar surface area (TPSA) is 105 Å². The lowest BCUT2D eigenvalue weighted by atomic mass is 10.1. The van der Waals surface area contributed by atoms with Gasteiger partial charge in [-0.1, -0.05) is 60.2 Å². The molecule has 0 atom stereocenters. The Morgan fingerprint density at radius 2 is 1.67 bits per heavy atom. The van der Waals surface area contributed by atoms with E-state index in [0.717, 1.165) is 11.1 Å². The van der Waals surface area contributed by atoms with Crippen molar-refractivity contribution in [3.63, 3.8) is 0 Å². The highest BCUT2D eigenvalue weighted by Gasteiger charge is 2.18. The second-order valence-corrected chi connectivity index (χ2v) is 8.69. The van der Waals surface area contributed by atoms with E-state index in [-0.39, 0.29) is 23.7 Å². The standard InChI is InChI=1S/C25H24N2O5S/c1-19-11-13-23(14-12-19)33(30,31)32-24-10-6-5-9-22(24)18-26-27-25(29)21(15-16-28)17-20-7-3-2-4-8-20/h2-14,17-18,28H,15-16H2,1H3,(H,27,29)/b21-17+,26-18-. The summed E-state index contributed by atoms with van der Waals surface area (Å²) >= 11 is 0. The van der Waals surface area contributed by atoms with Crippen molar-refractivity contribution < 1.29 is 22.5 Å². The molecule has 7 nitrogen and oxygen atoms in total. The molecule has 3 aromatic carbocycles. The molecule has 3 aromatic rings. The Labute approximate surface area is 193 Å². The van der Waals surface area contributed by atoms with Crippen molar-refractivity contribution in [2.24, 2.45) is 5.10 Å². The Balaban J connectivity index is 1.74. The number of hydrogen-bond acceptors (Lipinski definition) is 6. The molecule has 1 amide bonds. The fourth-order valence-electron chi connectivity index (χ4n) is 2.89. The van der Waals surface area contributed by atoms with Crippen molar-refractivity contribution in [3.05, 3.63) is 101 Å². The maximum Gasteiger partial charge on any atom is 0.339 e. The Hall–Kier alpha value is -3.75. The van der Waals surface area contributed by atoms with E-state index in [1.54, 1.807) is 36.4 Å². The van der Waals surface area contributed by atoms with Gasteiger partial charge in [-0.3, -0.25) is 4.79 Å². The fourth-order valence-corrected chi connectivity index (χ4v) is 3.84. The summed E-state index contributed by atoms with van der Waals surface area (Å²) in [7, 11) is -4.04. The molecule has 0 aliphatic rings. The molecule has 0 aliphatic heterocycles. The molecule has 170 valence electrons. The Morgan fingerprint density at radius 3 is 2.36 bits per heavy atom. The van der Waals surface area contributed by atoms with E-state index in [9.17, 15) is 18.3 Å². The molecule has 0 unspecified atom stereocenters. The van der Waals surface area contributed by atoms with Crippen LogP contribution in [-0.4, -0.2) is 32.3 Å². The number of carbonyl (C=O) groups is 1. The maximum absolute atomic E-state index is 12.6. The van der Waals surface area contributed by atoms with E-state index >= 15 is 0 Å². The molecule has 0 aliphatic carbocycles. The molecule has 33 heavy (non-hydrogen) atoms. The van der Waals surface area contributed by atoms with E-state index in [1.807, 2.05) is 37.3 Å². The van der Waals surface area contributed by atoms with Gasteiger partial charge in [-0.15, -0.1) is 0 Å². The van der Waals surface area contributed by atoms with E-state index in [2.05, 4.69) is 10.5 Å². The van der Waals surface area contributed by atoms with Gasteiger partial charge in [0.05, 0.1) is 6.21 Å². The number of benzene rings is 3. The third-order valence-electron chi connectivity index (χ3n) is 4.61. The lowest BCUT2D eigenvalue weighted by molar-refractivity contribution is -0.117. The lowest BCUT2D eigenvalue weighted by Gasteiger charge is -2.09. The number of aliphatic hydroxyl groups excluding tert-OH is 1. The van der Waals surface area contributed by atoms with Gasteiger partial charge in [0.25, 0.3) is 5.91 Å². The molecule has 3 rings (SSSR count). The third-order valence-corrected chi connectivity index (χ3v) is 5.86. The van der Waals surface area contributed by atoms with Crippen molar-refractivity contribution in [2.75, 3.05) is 6.61 Å². The molecular weight excluding hydrogens is 440 g/mol. The van der Waals surface area contributed by atoms with Crippen LogP contribution in [0.2, 0.25) is 0 Å². The van der Waals surface area contributed by atoms with Gasteiger partial charge in [0.2, 0.25) is 0 Å². The predicted molar refractivity (Wildman–Crippen MR) is 127 cm³/mol. The zero-order valence-electron chi connectivity index (χ0n) is 18.0. The highest BCUT2D eigenvalue weighted by molar-refractivity contribution is 7.87. The van der Waals surface area contributed by atoms with E-state index in [1.165, 1.54) is 24.4 Å². The molecule has 0 fully saturated rings. The summed E-state index contributed by atoms with van der Waals surface area (Å²) in [4.78, 5) is 12.6. The maximum atomic E-state index is 12.6. The van der Waals surface area contributed by atoms with Crippen LogP contribution in [0.3, 0.4) is 0 Å². The average Bonchev–Trinajstić information content (AvgIpc) is 2.80. The van der Waals surface area contributed by atoms with Gasteiger partial charge >= 0.3 is 10.1 Å². The van der Waals surface area contributed by atoms with Crippen LogP contribution in [0.25, 0.3) is 6.08 Å². The fraction of sp³-hybridized carbons (Fsp3) is 0.120. The second-order valence-electron chi connectivity index (χ2n) is 7.14. The number of aliphatic hydroxyl groups is 1. The van der Waals surface area contributed by atoms with Crippen LogP contribution in [-0.2, 0) is 14.9 Å². The smallest absolute Gasteiger partial charge is 0.339 e. The summed E-state index contributed by atoms with van der Waals surface area (Å²) in [6.07, 6.45) is 3.13. The molecule has 0 saturated heterocycles. The SMILES string of the molecule is Cc1ccc(S(=O)(=O)Oc2ccccc2/C=N\NC(=O)/C(=C/c2ccccc2)CCO)cc1. The van der Waals surface area contributed by atoms with Crippen LogP contribution < -0.4 is 9.61 Å². The first-order valence-corrected chi connectivity index (χ1v) is 11.6. The van der Waals surface area contributed by atoms with E-state index in [0.29, 0.717) is 11.1 Å². The van der Waals surface area contributed by atoms with Crippen LogP contribution in [0.5, 0.6) is 5.75 Å². The van der Waals surface area contributed by atoms with E-state index in [4.69, 9.17) is 4.18 Å². The van der Waals surface area contributed by atoms with Gasteiger partial charge in [0.15, 0.2) is 5.75 Å². The van der Waals surface area contributed by atoms with Crippen LogP contribution >= 0.6 is 0 Å². The zero-order valence-corrected chi connectivity index (χ0v) is 18.8. The lowest BCUT2D eigenvalue weighted by Crippen LogP contribution is -2.20. The molecule has 8 heteroatoms. The molecule has 0 bridgehead atoms. The minimum Gasteiger partial charge on any atom is -0.396 e. The summed E-state index contributed by atoms with van der Waals surface area (Å²) in [5, 5.41) is 13.2. The van der Waals surface area contributed by atoms with Crippen molar-refractivity contribution in [1.29, 1.82) is 0 Å². The number of para-hydroxylation sites is 1.